The number of hydrogen-bond donors (Lipinski definition) is 0. The predicted molar refractivity (Wildman–Crippen MR) is 165 cm³/mol. The molecule has 0 aromatic heterocycles. The van der Waals surface area contributed by atoms with Gasteiger partial charge >= 0.3 is 0 Å². The van der Waals surface area contributed by atoms with Crippen LogP contribution in [-0.2, 0) is 0 Å². The van der Waals surface area contributed by atoms with Gasteiger partial charge in [-0.2, -0.15) is 0 Å². The quantitative estimate of drug-likeness (QED) is 0.308. The molecule has 0 unspecified atom stereocenters. The summed E-state index contributed by atoms with van der Waals surface area (Å²) in [6.07, 6.45) is 6.58. The molecule has 0 spiro atoms. The molecule has 0 bridgehead atoms. The maximum absolute atomic E-state index is 6.95. The Kier molecular flexibility index (Phi) is 8.25. The maximum atomic E-state index is 6.95. The second-order valence-corrected chi connectivity index (χ2v) is 16.8. The highest BCUT2D eigenvalue weighted by Gasteiger charge is 2.40. The molecule has 1 fully saturated rings. The zero-order valence-corrected chi connectivity index (χ0v) is 25.6. The molecule has 0 N–H and O–H groups in total. The number of ether oxygens (including phenoxy) is 1. The molecule has 2 heteroatoms. The van der Waals surface area contributed by atoms with Crippen molar-refractivity contribution < 1.29 is 4.74 Å². The van der Waals surface area contributed by atoms with Crippen molar-refractivity contribution >= 4 is 13.2 Å². The number of aryl methyl sites for hydroxylation is 2. The van der Waals surface area contributed by atoms with Gasteiger partial charge in [0.15, 0.2) is 0 Å². The fraction of sp³-hybridized carbons (Fsp3) is 0.486. The number of rotatable bonds is 5. The van der Waals surface area contributed by atoms with Crippen LogP contribution in [-0.4, -0.2) is 16.4 Å². The largest absolute Gasteiger partial charge is 0.490 e. The maximum Gasteiger partial charge on any atom is 0.128 e. The first kappa shape index (κ1) is 27.9. The van der Waals surface area contributed by atoms with E-state index in [0.29, 0.717) is 6.10 Å². The molecule has 37 heavy (non-hydrogen) atoms. The van der Waals surface area contributed by atoms with Gasteiger partial charge in [0.25, 0.3) is 0 Å². The Bertz CT molecular complexity index is 1210. The third kappa shape index (κ3) is 5.98. The summed E-state index contributed by atoms with van der Waals surface area (Å²) in [6, 6.07) is 20.1. The summed E-state index contributed by atoms with van der Waals surface area (Å²) in [7, 11) is -0.551. The van der Waals surface area contributed by atoms with Gasteiger partial charge in [-0.3, -0.25) is 0 Å². The normalized spacial score (nSPS) is 15.3. The molecule has 0 radical (unpaired) electrons. The van der Waals surface area contributed by atoms with Gasteiger partial charge in [-0.05, 0) is 102 Å². The van der Waals surface area contributed by atoms with Crippen LogP contribution in [0.3, 0.4) is 0 Å². The standard InChI is InChI=1S/C35H47OP/c1-24-23-25(2)32(26(3)31(24)27-17-12-10-13-18-27)29-21-16-22-30(36-28-19-14-11-15-20-28)33(29)37(34(4,5)6)35(7,8)9/h10,12-13,16-18,21-23,28H,11,14-15,19-20H2,1-9H3. The van der Waals surface area contributed by atoms with Gasteiger partial charge in [0.05, 0.1) is 6.10 Å². The van der Waals surface area contributed by atoms with Crippen molar-refractivity contribution in [3.63, 3.8) is 0 Å². The molecular weight excluding hydrogens is 467 g/mol. The summed E-state index contributed by atoms with van der Waals surface area (Å²) in [6.45, 7) is 21.4. The molecule has 0 atom stereocenters. The molecular formula is C35H47OP. The van der Waals surface area contributed by atoms with E-state index in [-0.39, 0.29) is 10.3 Å². The van der Waals surface area contributed by atoms with E-state index in [0.717, 1.165) is 5.75 Å². The van der Waals surface area contributed by atoms with Crippen molar-refractivity contribution in [2.75, 3.05) is 0 Å². The summed E-state index contributed by atoms with van der Waals surface area (Å²) in [4.78, 5) is 0. The van der Waals surface area contributed by atoms with E-state index in [2.05, 4.69) is 117 Å². The molecule has 0 amide bonds. The third-order valence-corrected chi connectivity index (χ3v) is 11.3. The van der Waals surface area contributed by atoms with Crippen molar-refractivity contribution in [1.82, 2.24) is 0 Å². The van der Waals surface area contributed by atoms with Crippen molar-refractivity contribution in [2.45, 2.75) is 111 Å². The molecule has 0 aliphatic heterocycles. The van der Waals surface area contributed by atoms with E-state index >= 15 is 0 Å². The lowest BCUT2D eigenvalue weighted by Crippen LogP contribution is -2.34. The van der Waals surface area contributed by atoms with E-state index in [1.54, 1.807) is 0 Å². The van der Waals surface area contributed by atoms with Crippen LogP contribution in [0.1, 0.15) is 90.3 Å². The van der Waals surface area contributed by atoms with Crippen molar-refractivity contribution in [1.29, 1.82) is 0 Å². The van der Waals surface area contributed by atoms with Gasteiger partial charge in [0.1, 0.15) is 5.75 Å². The topological polar surface area (TPSA) is 9.23 Å². The Balaban J connectivity index is 2.01. The zero-order valence-electron chi connectivity index (χ0n) is 24.7. The lowest BCUT2D eigenvalue weighted by Gasteiger charge is -2.44. The minimum absolute atomic E-state index is 0.142. The average Bonchev–Trinajstić information content (AvgIpc) is 2.80. The third-order valence-electron chi connectivity index (χ3n) is 7.71. The van der Waals surface area contributed by atoms with E-state index in [1.165, 1.54) is 76.4 Å². The summed E-state index contributed by atoms with van der Waals surface area (Å²) < 4.78 is 6.95. The monoisotopic (exact) mass is 514 g/mol. The molecule has 1 saturated carbocycles. The van der Waals surface area contributed by atoms with E-state index in [9.17, 15) is 0 Å². The van der Waals surface area contributed by atoms with Crippen molar-refractivity contribution in [3.05, 3.63) is 71.3 Å². The highest BCUT2D eigenvalue weighted by Crippen LogP contribution is 2.61. The Morgan fingerprint density at radius 3 is 1.89 bits per heavy atom. The first-order valence-corrected chi connectivity index (χ1v) is 15.5. The fourth-order valence-electron chi connectivity index (χ4n) is 6.74. The molecule has 3 aromatic rings. The minimum Gasteiger partial charge on any atom is -0.490 e. The molecule has 1 nitrogen and oxygen atoms in total. The fourth-order valence-corrected chi connectivity index (χ4v) is 10.9. The molecule has 1 aliphatic rings. The first-order valence-electron chi connectivity index (χ1n) is 14.2. The number of benzene rings is 3. The second-order valence-electron chi connectivity index (χ2n) is 13.0. The van der Waals surface area contributed by atoms with E-state index < -0.39 is 7.92 Å². The molecule has 4 rings (SSSR count). The van der Waals surface area contributed by atoms with Crippen LogP contribution >= 0.6 is 7.92 Å². The highest BCUT2D eigenvalue weighted by atomic mass is 31.1. The van der Waals surface area contributed by atoms with Crippen molar-refractivity contribution in [3.8, 4) is 28.0 Å². The minimum atomic E-state index is -0.551. The van der Waals surface area contributed by atoms with Crippen LogP contribution in [0.5, 0.6) is 5.75 Å². The Hall–Kier alpha value is -2.11. The van der Waals surface area contributed by atoms with Crippen LogP contribution in [0.15, 0.2) is 54.6 Å². The lowest BCUT2D eigenvalue weighted by atomic mass is 9.86. The summed E-state index contributed by atoms with van der Waals surface area (Å²) in [5.41, 5.74) is 9.48. The van der Waals surface area contributed by atoms with Crippen LogP contribution < -0.4 is 10.0 Å². The molecule has 198 valence electrons. The van der Waals surface area contributed by atoms with Crippen LogP contribution in [0.4, 0.5) is 0 Å². The van der Waals surface area contributed by atoms with Gasteiger partial charge in [-0.25, -0.2) is 0 Å². The van der Waals surface area contributed by atoms with Crippen molar-refractivity contribution in [2.24, 2.45) is 0 Å². The summed E-state index contributed by atoms with van der Waals surface area (Å²) in [5, 5.41) is 1.74. The molecule has 0 heterocycles. The van der Waals surface area contributed by atoms with Gasteiger partial charge in [-0.1, -0.05) is 104 Å². The SMILES string of the molecule is Cc1cc(C)c(-c2cccc(OC3CCCCC3)c2P(C(C)(C)C)C(C)(C)C)c(C)c1-c1ccccc1. The van der Waals surface area contributed by atoms with E-state index in [1.807, 2.05) is 0 Å². The van der Waals surface area contributed by atoms with E-state index in [4.69, 9.17) is 4.74 Å². The highest BCUT2D eigenvalue weighted by molar-refractivity contribution is 7.69. The Labute approximate surface area is 227 Å². The van der Waals surface area contributed by atoms with Crippen LogP contribution in [0.2, 0.25) is 0 Å². The molecule has 1 aliphatic carbocycles. The van der Waals surface area contributed by atoms with Gasteiger partial charge in [-0.15, -0.1) is 0 Å². The van der Waals surface area contributed by atoms with Gasteiger partial charge < -0.3 is 4.74 Å². The zero-order chi connectivity index (χ0) is 27.0. The predicted octanol–water partition coefficient (Wildman–Crippen LogP) is 10.4. The Morgan fingerprint density at radius 1 is 0.703 bits per heavy atom. The van der Waals surface area contributed by atoms with Crippen LogP contribution in [0.25, 0.3) is 22.3 Å². The summed E-state index contributed by atoms with van der Waals surface area (Å²) >= 11 is 0. The van der Waals surface area contributed by atoms with Crippen LogP contribution in [0, 0.1) is 20.8 Å². The average molecular weight is 515 g/mol. The first-order chi connectivity index (χ1) is 17.4. The van der Waals surface area contributed by atoms with Gasteiger partial charge in [0.2, 0.25) is 0 Å². The Morgan fingerprint density at radius 2 is 1.30 bits per heavy atom. The summed E-state index contributed by atoms with van der Waals surface area (Å²) in [5.74, 6) is 1.13. The smallest absolute Gasteiger partial charge is 0.128 e. The second kappa shape index (κ2) is 10.9. The molecule has 0 saturated heterocycles. The number of hydrogen-bond acceptors (Lipinski definition) is 1. The lowest BCUT2D eigenvalue weighted by molar-refractivity contribution is 0.156. The van der Waals surface area contributed by atoms with Gasteiger partial charge in [0, 0.05) is 5.30 Å². The molecule has 3 aromatic carbocycles.